The molecule has 3 aliphatic rings. The van der Waals surface area contributed by atoms with E-state index in [1.807, 2.05) is 0 Å². The standard InChI is InChI=1S/C14H25N/c15-14(6-2-1-3-7-14)10-13-9-11-4-5-12(13)8-11/h11-13H,1-10,15H2. The van der Waals surface area contributed by atoms with E-state index < -0.39 is 0 Å². The molecule has 0 amide bonds. The molecular weight excluding hydrogens is 182 g/mol. The van der Waals surface area contributed by atoms with Crippen LogP contribution in [0.25, 0.3) is 0 Å². The van der Waals surface area contributed by atoms with Crippen LogP contribution in [-0.2, 0) is 0 Å². The lowest BCUT2D eigenvalue weighted by atomic mass is 9.73. The smallest absolute Gasteiger partial charge is 0.0157 e. The molecule has 15 heavy (non-hydrogen) atoms. The SMILES string of the molecule is NC1(CC2CC3CCC2C3)CCCCC1. The van der Waals surface area contributed by atoms with Crippen LogP contribution >= 0.6 is 0 Å². The molecule has 1 nitrogen and oxygen atoms in total. The molecule has 3 atom stereocenters. The molecule has 0 aromatic heterocycles. The van der Waals surface area contributed by atoms with Crippen molar-refractivity contribution in [2.45, 2.75) is 69.7 Å². The molecular formula is C14H25N. The van der Waals surface area contributed by atoms with E-state index in [2.05, 4.69) is 0 Å². The van der Waals surface area contributed by atoms with Gasteiger partial charge >= 0.3 is 0 Å². The molecule has 0 aromatic carbocycles. The van der Waals surface area contributed by atoms with Gasteiger partial charge in [0.2, 0.25) is 0 Å². The molecule has 3 fully saturated rings. The van der Waals surface area contributed by atoms with Gasteiger partial charge in [0, 0.05) is 5.54 Å². The monoisotopic (exact) mass is 207 g/mol. The van der Waals surface area contributed by atoms with E-state index in [9.17, 15) is 0 Å². The third-order valence-electron chi connectivity index (χ3n) is 5.40. The van der Waals surface area contributed by atoms with E-state index in [-0.39, 0.29) is 5.54 Å². The lowest BCUT2D eigenvalue weighted by Gasteiger charge is -2.37. The maximum atomic E-state index is 6.57. The number of fused-ring (bicyclic) bond motifs is 2. The zero-order valence-corrected chi connectivity index (χ0v) is 9.88. The van der Waals surface area contributed by atoms with E-state index in [1.165, 1.54) is 57.8 Å². The number of rotatable bonds is 2. The fourth-order valence-corrected chi connectivity index (χ4v) is 4.61. The number of hydrogen-bond donors (Lipinski definition) is 1. The van der Waals surface area contributed by atoms with Gasteiger partial charge in [-0.15, -0.1) is 0 Å². The van der Waals surface area contributed by atoms with Crippen LogP contribution < -0.4 is 5.73 Å². The highest BCUT2D eigenvalue weighted by Crippen LogP contribution is 2.51. The molecule has 2 bridgehead atoms. The zero-order chi connectivity index (χ0) is 10.3. The van der Waals surface area contributed by atoms with E-state index in [4.69, 9.17) is 5.73 Å². The summed E-state index contributed by atoms with van der Waals surface area (Å²) in [6.07, 6.45) is 14.3. The lowest BCUT2D eigenvalue weighted by Crippen LogP contribution is -2.44. The van der Waals surface area contributed by atoms with E-state index in [0.29, 0.717) is 0 Å². The van der Waals surface area contributed by atoms with Gasteiger partial charge in [-0.1, -0.05) is 25.7 Å². The highest BCUT2D eigenvalue weighted by Gasteiger charge is 2.42. The first-order chi connectivity index (χ1) is 7.25. The molecule has 0 saturated heterocycles. The van der Waals surface area contributed by atoms with Crippen molar-refractivity contribution in [1.82, 2.24) is 0 Å². The average Bonchev–Trinajstić information content (AvgIpc) is 2.79. The van der Waals surface area contributed by atoms with Crippen molar-refractivity contribution in [3.05, 3.63) is 0 Å². The van der Waals surface area contributed by atoms with Gasteiger partial charge < -0.3 is 5.73 Å². The van der Waals surface area contributed by atoms with Crippen LogP contribution in [0, 0.1) is 17.8 Å². The second-order valence-corrected chi connectivity index (χ2v) is 6.56. The molecule has 0 radical (unpaired) electrons. The first-order valence-corrected chi connectivity index (χ1v) is 7.04. The Bertz CT molecular complexity index is 229. The lowest BCUT2D eigenvalue weighted by molar-refractivity contribution is 0.196. The minimum absolute atomic E-state index is 0.243. The predicted molar refractivity (Wildman–Crippen MR) is 63.6 cm³/mol. The van der Waals surface area contributed by atoms with Gasteiger partial charge in [0.1, 0.15) is 0 Å². The highest BCUT2D eigenvalue weighted by molar-refractivity contribution is 4.96. The second kappa shape index (κ2) is 3.76. The fraction of sp³-hybridized carbons (Fsp3) is 1.00. The summed E-state index contributed by atoms with van der Waals surface area (Å²) in [6, 6.07) is 0. The molecule has 3 saturated carbocycles. The first kappa shape index (κ1) is 10.1. The maximum Gasteiger partial charge on any atom is 0.0157 e. The maximum absolute atomic E-state index is 6.57. The number of hydrogen-bond acceptors (Lipinski definition) is 1. The highest BCUT2D eigenvalue weighted by atomic mass is 14.7. The van der Waals surface area contributed by atoms with Crippen molar-refractivity contribution >= 4 is 0 Å². The summed E-state index contributed by atoms with van der Waals surface area (Å²) in [6.45, 7) is 0. The van der Waals surface area contributed by atoms with Crippen molar-refractivity contribution in [2.75, 3.05) is 0 Å². The van der Waals surface area contributed by atoms with E-state index in [1.54, 1.807) is 6.42 Å². The molecule has 1 heteroatoms. The van der Waals surface area contributed by atoms with E-state index >= 15 is 0 Å². The third-order valence-corrected chi connectivity index (χ3v) is 5.40. The molecule has 3 unspecified atom stereocenters. The minimum Gasteiger partial charge on any atom is -0.325 e. The summed E-state index contributed by atoms with van der Waals surface area (Å²) in [4.78, 5) is 0. The van der Waals surface area contributed by atoms with Crippen molar-refractivity contribution in [3.63, 3.8) is 0 Å². The summed E-state index contributed by atoms with van der Waals surface area (Å²) in [7, 11) is 0. The Labute approximate surface area is 93.8 Å². The van der Waals surface area contributed by atoms with Crippen molar-refractivity contribution < 1.29 is 0 Å². The molecule has 0 spiro atoms. The molecule has 0 aliphatic heterocycles. The van der Waals surface area contributed by atoms with Crippen LogP contribution in [0.4, 0.5) is 0 Å². The third kappa shape index (κ3) is 1.95. The normalized spacial score (nSPS) is 43.4. The largest absolute Gasteiger partial charge is 0.325 e. The van der Waals surface area contributed by atoms with Crippen LogP contribution in [0.1, 0.15) is 64.2 Å². The van der Waals surface area contributed by atoms with Gasteiger partial charge in [-0.2, -0.15) is 0 Å². The van der Waals surface area contributed by atoms with Crippen molar-refractivity contribution in [1.29, 1.82) is 0 Å². The number of nitrogens with two attached hydrogens (primary N) is 1. The Balaban J connectivity index is 1.60. The molecule has 86 valence electrons. The van der Waals surface area contributed by atoms with Gasteiger partial charge in [-0.25, -0.2) is 0 Å². The Morgan fingerprint density at radius 1 is 1.00 bits per heavy atom. The average molecular weight is 207 g/mol. The summed E-state index contributed by atoms with van der Waals surface area (Å²) < 4.78 is 0. The van der Waals surface area contributed by atoms with Gasteiger partial charge in [0.25, 0.3) is 0 Å². The topological polar surface area (TPSA) is 26.0 Å². The summed E-state index contributed by atoms with van der Waals surface area (Å²) in [5.41, 5.74) is 6.81. The molecule has 2 N–H and O–H groups in total. The quantitative estimate of drug-likeness (QED) is 0.737. The molecule has 3 rings (SSSR count). The molecule has 3 aliphatic carbocycles. The van der Waals surface area contributed by atoms with Crippen LogP contribution in [0.2, 0.25) is 0 Å². The van der Waals surface area contributed by atoms with Crippen LogP contribution in [0.15, 0.2) is 0 Å². The van der Waals surface area contributed by atoms with Gasteiger partial charge in [-0.05, 0) is 56.3 Å². The first-order valence-electron chi connectivity index (χ1n) is 7.04. The van der Waals surface area contributed by atoms with Crippen LogP contribution in [0.3, 0.4) is 0 Å². The zero-order valence-electron chi connectivity index (χ0n) is 9.88. The van der Waals surface area contributed by atoms with Gasteiger partial charge in [0.05, 0.1) is 0 Å². The summed E-state index contributed by atoms with van der Waals surface area (Å²) in [5.74, 6) is 3.16. The Kier molecular flexibility index (Phi) is 2.54. The van der Waals surface area contributed by atoms with Crippen LogP contribution in [0.5, 0.6) is 0 Å². The Morgan fingerprint density at radius 2 is 1.80 bits per heavy atom. The van der Waals surface area contributed by atoms with E-state index in [0.717, 1.165) is 17.8 Å². The molecule has 0 aromatic rings. The second-order valence-electron chi connectivity index (χ2n) is 6.56. The minimum atomic E-state index is 0.243. The summed E-state index contributed by atoms with van der Waals surface area (Å²) in [5, 5.41) is 0. The van der Waals surface area contributed by atoms with Crippen molar-refractivity contribution in [2.24, 2.45) is 23.5 Å². The molecule has 0 heterocycles. The predicted octanol–water partition coefficient (Wildman–Crippen LogP) is 3.47. The fourth-order valence-electron chi connectivity index (χ4n) is 4.61. The van der Waals surface area contributed by atoms with Gasteiger partial charge in [-0.3, -0.25) is 0 Å². The Hall–Kier alpha value is -0.0400. The van der Waals surface area contributed by atoms with Crippen molar-refractivity contribution in [3.8, 4) is 0 Å². The summed E-state index contributed by atoms with van der Waals surface area (Å²) >= 11 is 0. The van der Waals surface area contributed by atoms with Crippen LogP contribution in [-0.4, -0.2) is 5.54 Å². The van der Waals surface area contributed by atoms with Gasteiger partial charge in [0.15, 0.2) is 0 Å². The Morgan fingerprint density at radius 3 is 2.40 bits per heavy atom.